The molecule has 0 aromatic carbocycles. The van der Waals surface area contributed by atoms with Crippen LogP contribution >= 0.6 is 0 Å². The molecule has 2 aliphatic heterocycles. The van der Waals surface area contributed by atoms with Gasteiger partial charge in [0.1, 0.15) is 12.4 Å². The number of carbonyl (C=O) groups is 1. The Morgan fingerprint density at radius 1 is 1.50 bits per heavy atom. The molecule has 0 amide bonds. The number of imidazole rings is 1. The summed E-state index contributed by atoms with van der Waals surface area (Å²) >= 11 is 0. The van der Waals surface area contributed by atoms with Gasteiger partial charge in [0, 0.05) is 12.4 Å². The minimum absolute atomic E-state index is 0.174. The monoisotopic (exact) mass is 224 g/mol. The Morgan fingerprint density at radius 2 is 2.44 bits per heavy atom. The number of hydrogen-bond donors (Lipinski definition) is 0. The first kappa shape index (κ1) is 9.80. The molecule has 6 heteroatoms. The lowest BCUT2D eigenvalue weighted by Gasteiger charge is -2.15. The Balaban J connectivity index is 1.65. The second-order valence-electron chi connectivity index (χ2n) is 3.92. The molecule has 86 valence electrons. The van der Waals surface area contributed by atoms with Gasteiger partial charge in [0.05, 0.1) is 19.1 Å². The first-order chi connectivity index (χ1) is 7.84. The van der Waals surface area contributed by atoms with Crippen molar-refractivity contribution in [2.75, 3.05) is 13.2 Å². The third kappa shape index (κ3) is 1.60. The Morgan fingerprint density at radius 3 is 3.25 bits per heavy atom. The van der Waals surface area contributed by atoms with E-state index in [9.17, 15) is 4.79 Å². The molecule has 0 spiro atoms. The minimum Gasteiger partial charge on any atom is -0.443 e. The number of nitrogens with zero attached hydrogens (tertiary/aromatic N) is 2. The van der Waals surface area contributed by atoms with Crippen molar-refractivity contribution >= 4 is 6.09 Å². The molecule has 3 atom stereocenters. The van der Waals surface area contributed by atoms with Gasteiger partial charge in [0.25, 0.3) is 0 Å². The number of carbonyl (C=O) groups excluding carboxylic acids is 1. The van der Waals surface area contributed by atoms with E-state index in [-0.39, 0.29) is 18.3 Å². The van der Waals surface area contributed by atoms with Gasteiger partial charge in [0.2, 0.25) is 0 Å². The highest BCUT2D eigenvalue weighted by Gasteiger charge is 2.43. The van der Waals surface area contributed by atoms with Crippen LogP contribution in [0.4, 0.5) is 4.79 Å². The second kappa shape index (κ2) is 3.88. The van der Waals surface area contributed by atoms with Crippen molar-refractivity contribution in [3.8, 4) is 0 Å². The van der Waals surface area contributed by atoms with Crippen molar-refractivity contribution in [2.24, 2.45) is 5.92 Å². The van der Waals surface area contributed by atoms with E-state index in [0.717, 1.165) is 6.42 Å². The van der Waals surface area contributed by atoms with E-state index in [4.69, 9.17) is 14.2 Å². The summed E-state index contributed by atoms with van der Waals surface area (Å²) in [5.41, 5.74) is 0. The quantitative estimate of drug-likeness (QED) is 0.700. The molecule has 0 aliphatic carbocycles. The van der Waals surface area contributed by atoms with Crippen LogP contribution in [0.5, 0.6) is 0 Å². The summed E-state index contributed by atoms with van der Waals surface area (Å²) in [6, 6.07) is 0. The Hall–Kier alpha value is -1.40. The fourth-order valence-corrected chi connectivity index (χ4v) is 2.10. The maximum atomic E-state index is 11.7. The lowest BCUT2D eigenvalue weighted by atomic mass is 10.0. The molecule has 3 rings (SSSR count). The number of rotatable bonds is 1. The van der Waals surface area contributed by atoms with Crippen LogP contribution in [0, 0.1) is 5.92 Å². The molecular formula is C10H12N2O4. The topological polar surface area (TPSA) is 62.6 Å². The van der Waals surface area contributed by atoms with E-state index in [2.05, 4.69) is 4.98 Å². The molecule has 2 saturated heterocycles. The summed E-state index contributed by atoms with van der Waals surface area (Å²) < 4.78 is 17.4. The summed E-state index contributed by atoms with van der Waals surface area (Å²) in [4.78, 5) is 15.4. The molecule has 1 aromatic heterocycles. The van der Waals surface area contributed by atoms with Gasteiger partial charge in [-0.15, -0.1) is 0 Å². The minimum atomic E-state index is -0.418. The predicted molar refractivity (Wildman–Crippen MR) is 51.7 cm³/mol. The van der Waals surface area contributed by atoms with Crippen molar-refractivity contribution in [1.29, 1.82) is 0 Å². The van der Waals surface area contributed by atoms with Gasteiger partial charge in [-0.2, -0.15) is 0 Å². The number of fused-ring (bicyclic) bond motifs is 1. The highest BCUT2D eigenvalue weighted by atomic mass is 16.7. The van der Waals surface area contributed by atoms with Crippen molar-refractivity contribution < 1.29 is 19.0 Å². The summed E-state index contributed by atoms with van der Waals surface area (Å²) in [5, 5.41) is 0. The average Bonchev–Trinajstić information content (AvgIpc) is 2.94. The van der Waals surface area contributed by atoms with Crippen molar-refractivity contribution in [1.82, 2.24) is 9.55 Å². The summed E-state index contributed by atoms with van der Waals surface area (Å²) in [6.07, 6.45) is 4.57. The average molecular weight is 224 g/mol. The van der Waals surface area contributed by atoms with Gasteiger partial charge in [-0.3, -0.25) is 0 Å². The van der Waals surface area contributed by atoms with Crippen LogP contribution in [-0.4, -0.2) is 41.3 Å². The van der Waals surface area contributed by atoms with E-state index in [1.807, 2.05) is 0 Å². The fourth-order valence-electron chi connectivity index (χ4n) is 2.10. The molecule has 0 saturated carbocycles. The third-order valence-electron chi connectivity index (χ3n) is 2.95. The highest BCUT2D eigenvalue weighted by Crippen LogP contribution is 2.33. The highest BCUT2D eigenvalue weighted by molar-refractivity contribution is 5.70. The van der Waals surface area contributed by atoms with Gasteiger partial charge in [-0.25, -0.2) is 14.3 Å². The number of ether oxygens (including phenoxy) is 3. The van der Waals surface area contributed by atoms with E-state index in [0.29, 0.717) is 13.2 Å². The van der Waals surface area contributed by atoms with Gasteiger partial charge in [-0.1, -0.05) is 0 Å². The first-order valence-electron chi connectivity index (χ1n) is 5.27. The van der Waals surface area contributed by atoms with Gasteiger partial charge >= 0.3 is 6.09 Å². The van der Waals surface area contributed by atoms with E-state index < -0.39 is 6.09 Å². The third-order valence-corrected chi connectivity index (χ3v) is 2.95. The molecule has 0 N–H and O–H groups in total. The molecule has 1 aromatic rings. The summed E-state index contributed by atoms with van der Waals surface area (Å²) in [6.45, 7) is 1.09. The maximum Gasteiger partial charge on any atom is 0.419 e. The number of hydrogen-bond acceptors (Lipinski definition) is 5. The van der Waals surface area contributed by atoms with Crippen LogP contribution in [-0.2, 0) is 14.2 Å². The van der Waals surface area contributed by atoms with Gasteiger partial charge < -0.3 is 14.2 Å². The second-order valence-corrected chi connectivity index (χ2v) is 3.92. The largest absolute Gasteiger partial charge is 0.443 e. The summed E-state index contributed by atoms with van der Waals surface area (Å²) in [7, 11) is 0. The maximum absolute atomic E-state index is 11.7. The van der Waals surface area contributed by atoms with Crippen molar-refractivity contribution in [3.05, 3.63) is 18.7 Å². The molecule has 16 heavy (non-hydrogen) atoms. The van der Waals surface area contributed by atoms with Gasteiger partial charge in [-0.05, 0) is 6.42 Å². The zero-order valence-corrected chi connectivity index (χ0v) is 8.61. The summed E-state index contributed by atoms with van der Waals surface area (Å²) in [5.74, 6) is 0.174. The van der Waals surface area contributed by atoms with Crippen LogP contribution in [0.15, 0.2) is 18.7 Å². The molecule has 6 nitrogen and oxygen atoms in total. The van der Waals surface area contributed by atoms with Gasteiger partial charge in [0.15, 0.2) is 6.29 Å². The fraction of sp³-hybridized carbons (Fsp3) is 0.600. The van der Waals surface area contributed by atoms with Crippen LogP contribution in [0.2, 0.25) is 0 Å². The van der Waals surface area contributed by atoms with Crippen LogP contribution < -0.4 is 0 Å². The first-order valence-corrected chi connectivity index (χ1v) is 5.27. The predicted octanol–water partition coefficient (Wildman–Crippen LogP) is 0.629. The molecule has 2 aliphatic rings. The Kier molecular flexibility index (Phi) is 2.37. The van der Waals surface area contributed by atoms with E-state index >= 15 is 0 Å². The molecule has 0 radical (unpaired) electrons. The molecule has 3 heterocycles. The van der Waals surface area contributed by atoms with Crippen molar-refractivity contribution in [3.63, 3.8) is 0 Å². The Labute approximate surface area is 92.1 Å². The molecule has 2 fully saturated rings. The molecule has 0 bridgehead atoms. The van der Waals surface area contributed by atoms with Crippen LogP contribution in [0.3, 0.4) is 0 Å². The smallest absolute Gasteiger partial charge is 0.419 e. The van der Waals surface area contributed by atoms with Crippen LogP contribution in [0.25, 0.3) is 0 Å². The molecule has 0 unspecified atom stereocenters. The zero-order chi connectivity index (χ0) is 11.0. The normalized spacial score (nSPS) is 32.6. The Bertz CT molecular complexity index is 378. The lowest BCUT2D eigenvalue weighted by molar-refractivity contribution is -0.0907. The van der Waals surface area contributed by atoms with Crippen molar-refractivity contribution in [2.45, 2.75) is 18.8 Å². The zero-order valence-electron chi connectivity index (χ0n) is 8.61. The number of aromatic nitrogens is 2. The van der Waals surface area contributed by atoms with E-state index in [1.54, 1.807) is 6.20 Å². The van der Waals surface area contributed by atoms with E-state index in [1.165, 1.54) is 17.1 Å². The molecular weight excluding hydrogens is 212 g/mol. The standard InChI is InChI=1S/C10H12N2O4/c13-10(12-3-2-11-6-12)16-8-5-15-9-7(8)1-4-14-9/h2-3,6-9H,1,4-5H2/t7-,8-,9+/m0/s1. The van der Waals surface area contributed by atoms with Crippen LogP contribution in [0.1, 0.15) is 6.42 Å². The SMILES string of the molecule is O=C(O[C@H]1CO[C@H]2OCC[C@H]21)n1ccnc1. The lowest BCUT2D eigenvalue weighted by Crippen LogP contribution is -2.28.